The molecule has 1 aliphatic rings. The Hall–Kier alpha value is -1.54. The van der Waals surface area contributed by atoms with Crippen molar-refractivity contribution in [3.05, 3.63) is 11.2 Å². The molecule has 2 heterocycles. The van der Waals surface area contributed by atoms with Crippen LogP contribution >= 0.6 is 23.4 Å². The van der Waals surface area contributed by atoms with E-state index in [0.717, 1.165) is 25.1 Å². The molecule has 0 aliphatic carbocycles. The number of nitrogens with one attached hydrogen (secondary N) is 1. The van der Waals surface area contributed by atoms with E-state index in [1.54, 1.807) is 6.07 Å². The predicted molar refractivity (Wildman–Crippen MR) is 114 cm³/mol. The van der Waals surface area contributed by atoms with E-state index in [9.17, 15) is 9.59 Å². The summed E-state index contributed by atoms with van der Waals surface area (Å²) in [6, 6.07) is 1.85. The Bertz CT molecular complexity index is 676. The summed E-state index contributed by atoms with van der Waals surface area (Å²) in [6.45, 7) is 8.91. The van der Waals surface area contributed by atoms with E-state index < -0.39 is 0 Å². The minimum atomic E-state index is -0.0372. The van der Waals surface area contributed by atoms with Crippen molar-refractivity contribution in [2.75, 3.05) is 36.8 Å². The fraction of sp³-hybridized carbons (Fsp3) is 0.684. The molecule has 2 rings (SSSR count). The van der Waals surface area contributed by atoms with Crippen LogP contribution in [0.5, 0.6) is 0 Å². The van der Waals surface area contributed by atoms with Crippen LogP contribution in [0.4, 0.5) is 5.82 Å². The Morgan fingerprint density at radius 3 is 2.75 bits per heavy atom. The highest BCUT2D eigenvalue weighted by atomic mass is 35.5. The molecule has 2 amide bonds. The van der Waals surface area contributed by atoms with Crippen molar-refractivity contribution in [3.63, 3.8) is 0 Å². The fourth-order valence-electron chi connectivity index (χ4n) is 3.07. The highest BCUT2D eigenvalue weighted by molar-refractivity contribution is 7.99. The third kappa shape index (κ3) is 6.81. The molecule has 9 heteroatoms. The van der Waals surface area contributed by atoms with E-state index in [1.165, 1.54) is 11.8 Å². The lowest BCUT2D eigenvalue weighted by molar-refractivity contribution is -0.133. The topological polar surface area (TPSA) is 78.4 Å². The van der Waals surface area contributed by atoms with Crippen molar-refractivity contribution in [1.82, 2.24) is 20.2 Å². The van der Waals surface area contributed by atoms with Gasteiger partial charge in [0.2, 0.25) is 11.8 Å². The Labute approximate surface area is 176 Å². The number of amides is 2. The molecule has 0 bridgehead atoms. The smallest absolute Gasteiger partial charge is 0.230 e. The molecular formula is C19H30ClN5O2S. The van der Waals surface area contributed by atoms with Gasteiger partial charge in [-0.25, -0.2) is 9.97 Å². The number of rotatable bonds is 9. The maximum Gasteiger partial charge on any atom is 0.230 e. The summed E-state index contributed by atoms with van der Waals surface area (Å²) in [5, 5.41) is 3.68. The number of hydrogen-bond acceptors (Lipinski definition) is 6. The maximum atomic E-state index is 12.4. The first-order chi connectivity index (χ1) is 13.4. The van der Waals surface area contributed by atoms with Crippen molar-refractivity contribution >= 4 is 41.0 Å². The normalized spacial score (nSPS) is 16.9. The molecule has 0 radical (unpaired) electrons. The number of aromatic nitrogens is 2. The minimum Gasteiger partial charge on any atom is -0.355 e. The number of anilines is 1. The molecule has 0 saturated carbocycles. The van der Waals surface area contributed by atoms with Gasteiger partial charge in [-0.05, 0) is 19.8 Å². The monoisotopic (exact) mass is 427 g/mol. The first-order valence-corrected chi connectivity index (χ1v) is 11.3. The van der Waals surface area contributed by atoms with E-state index in [1.807, 2.05) is 11.8 Å². The van der Waals surface area contributed by atoms with Gasteiger partial charge in [-0.15, -0.1) is 0 Å². The highest BCUT2D eigenvalue weighted by Crippen LogP contribution is 2.24. The van der Waals surface area contributed by atoms with Crippen LogP contribution < -0.4 is 10.2 Å². The van der Waals surface area contributed by atoms with Gasteiger partial charge in [0.05, 0.1) is 5.75 Å². The average molecular weight is 428 g/mol. The number of hydrogen-bond donors (Lipinski definition) is 1. The standard InChI is InChI=1S/C19H30ClN5O2S/c1-4-6-7-18(27)25-10-9-24(12-14(25)3)16-11-15(20)22-19(23-16)28-13-17(26)21-8-5-2/h11,14H,4-10,12-13H2,1-3H3,(H,21,26)/t14-/m0/s1. The minimum absolute atomic E-state index is 0.0372. The number of halogens is 1. The van der Waals surface area contributed by atoms with Gasteiger partial charge in [-0.1, -0.05) is 43.6 Å². The van der Waals surface area contributed by atoms with Crippen LogP contribution in [0.3, 0.4) is 0 Å². The van der Waals surface area contributed by atoms with Crippen LogP contribution in [0, 0.1) is 0 Å². The van der Waals surface area contributed by atoms with Gasteiger partial charge in [-0.2, -0.15) is 0 Å². The van der Waals surface area contributed by atoms with Crippen LogP contribution in [0.25, 0.3) is 0 Å². The molecular weight excluding hydrogens is 398 g/mol. The van der Waals surface area contributed by atoms with Gasteiger partial charge < -0.3 is 15.1 Å². The summed E-state index contributed by atoms with van der Waals surface area (Å²) in [7, 11) is 0. The number of nitrogens with zero attached hydrogens (tertiary/aromatic N) is 4. The lowest BCUT2D eigenvalue weighted by Gasteiger charge is -2.40. The van der Waals surface area contributed by atoms with Crippen LogP contribution in [0.1, 0.15) is 46.5 Å². The largest absolute Gasteiger partial charge is 0.355 e. The molecule has 28 heavy (non-hydrogen) atoms. The molecule has 1 saturated heterocycles. The van der Waals surface area contributed by atoms with E-state index in [2.05, 4.69) is 34.0 Å². The molecule has 7 nitrogen and oxygen atoms in total. The van der Waals surface area contributed by atoms with Gasteiger partial charge >= 0.3 is 0 Å². The fourth-order valence-corrected chi connectivity index (χ4v) is 3.98. The Morgan fingerprint density at radius 2 is 2.07 bits per heavy atom. The molecule has 0 spiro atoms. The summed E-state index contributed by atoms with van der Waals surface area (Å²) in [5.41, 5.74) is 0. The molecule has 156 valence electrons. The summed E-state index contributed by atoms with van der Waals surface area (Å²) in [6.07, 6.45) is 3.47. The Kier molecular flexibility index (Phi) is 9.31. The second-order valence-electron chi connectivity index (χ2n) is 6.96. The molecule has 1 fully saturated rings. The average Bonchev–Trinajstić information content (AvgIpc) is 2.68. The number of carbonyl (C=O) groups excluding carboxylic acids is 2. The van der Waals surface area contributed by atoms with Crippen LogP contribution in [-0.2, 0) is 9.59 Å². The molecule has 1 aromatic rings. The summed E-state index contributed by atoms with van der Waals surface area (Å²) < 4.78 is 0. The van der Waals surface area contributed by atoms with Gasteiger partial charge in [0, 0.05) is 44.7 Å². The van der Waals surface area contributed by atoms with Gasteiger partial charge in [0.25, 0.3) is 0 Å². The Morgan fingerprint density at radius 1 is 1.29 bits per heavy atom. The first-order valence-electron chi connectivity index (χ1n) is 9.93. The van der Waals surface area contributed by atoms with E-state index in [0.29, 0.717) is 42.9 Å². The number of unbranched alkanes of at least 4 members (excludes halogenated alkanes) is 1. The van der Waals surface area contributed by atoms with Crippen LogP contribution in [-0.4, -0.2) is 64.7 Å². The van der Waals surface area contributed by atoms with E-state index in [4.69, 9.17) is 11.6 Å². The van der Waals surface area contributed by atoms with Gasteiger partial charge in [-0.3, -0.25) is 9.59 Å². The van der Waals surface area contributed by atoms with Crippen molar-refractivity contribution in [3.8, 4) is 0 Å². The highest BCUT2D eigenvalue weighted by Gasteiger charge is 2.28. The second kappa shape index (κ2) is 11.5. The zero-order valence-electron chi connectivity index (χ0n) is 16.9. The number of thioether (sulfide) groups is 1. The number of carbonyl (C=O) groups is 2. The van der Waals surface area contributed by atoms with Gasteiger partial charge in [0.15, 0.2) is 5.16 Å². The molecule has 1 aromatic heterocycles. The maximum absolute atomic E-state index is 12.4. The molecule has 0 aromatic carbocycles. The lowest BCUT2D eigenvalue weighted by Crippen LogP contribution is -2.54. The zero-order chi connectivity index (χ0) is 20.5. The molecule has 0 unspecified atom stereocenters. The van der Waals surface area contributed by atoms with Crippen molar-refractivity contribution in [1.29, 1.82) is 0 Å². The third-order valence-electron chi connectivity index (χ3n) is 4.58. The lowest BCUT2D eigenvalue weighted by atomic mass is 10.1. The zero-order valence-corrected chi connectivity index (χ0v) is 18.5. The van der Waals surface area contributed by atoms with Gasteiger partial charge in [0.1, 0.15) is 11.0 Å². The van der Waals surface area contributed by atoms with E-state index >= 15 is 0 Å². The van der Waals surface area contributed by atoms with Crippen molar-refractivity contribution < 1.29 is 9.59 Å². The quantitative estimate of drug-likeness (QED) is 0.371. The van der Waals surface area contributed by atoms with Crippen molar-refractivity contribution in [2.24, 2.45) is 0 Å². The number of piperazine rings is 1. The van der Waals surface area contributed by atoms with E-state index in [-0.39, 0.29) is 23.6 Å². The molecule has 1 N–H and O–H groups in total. The summed E-state index contributed by atoms with van der Waals surface area (Å²) in [4.78, 5) is 37.0. The predicted octanol–water partition coefficient (Wildman–Crippen LogP) is 2.98. The first kappa shape index (κ1) is 22.7. The van der Waals surface area contributed by atoms with Crippen LogP contribution in [0.2, 0.25) is 5.15 Å². The van der Waals surface area contributed by atoms with Crippen LogP contribution in [0.15, 0.2) is 11.2 Å². The Balaban J connectivity index is 1.97. The summed E-state index contributed by atoms with van der Waals surface area (Å²) >= 11 is 7.46. The van der Waals surface area contributed by atoms with Crippen molar-refractivity contribution in [2.45, 2.75) is 57.7 Å². The third-order valence-corrected chi connectivity index (χ3v) is 5.62. The SMILES string of the molecule is CCCCC(=O)N1CCN(c2cc(Cl)nc(SCC(=O)NCCC)n2)C[C@@H]1C. The summed E-state index contributed by atoms with van der Waals surface area (Å²) in [5.74, 6) is 1.19. The molecule has 1 aliphatic heterocycles. The molecule has 1 atom stereocenters. The second-order valence-corrected chi connectivity index (χ2v) is 8.29.